The summed E-state index contributed by atoms with van der Waals surface area (Å²) in [6.45, 7) is 1.92. The van der Waals surface area contributed by atoms with Crippen LogP contribution in [0.15, 0.2) is 65.8 Å². The molecule has 24 heavy (non-hydrogen) atoms. The van der Waals surface area contributed by atoms with E-state index in [1.54, 1.807) is 31.2 Å². The van der Waals surface area contributed by atoms with Crippen LogP contribution in [0.1, 0.15) is 17.3 Å². The summed E-state index contributed by atoms with van der Waals surface area (Å²) in [7, 11) is 0. The molecule has 1 atom stereocenters. The standard InChI is InChI=1S/C18H19N3O3/c1-2-24-18(23)16(13-19-21-15-11-7-4-8-12-15)20-17(22)14-9-5-3-6-10-14/h3-13,16,21H,2H2,1H3,(H,20,22)/b19-13+. The number of nitrogens with one attached hydrogen (secondary N) is 2. The molecule has 0 aliphatic rings. The number of amides is 1. The van der Waals surface area contributed by atoms with Crippen molar-refractivity contribution in [1.82, 2.24) is 5.32 Å². The summed E-state index contributed by atoms with van der Waals surface area (Å²) in [6, 6.07) is 16.9. The number of rotatable bonds is 7. The van der Waals surface area contributed by atoms with Crippen LogP contribution in [-0.2, 0) is 9.53 Å². The molecule has 1 amide bonds. The Morgan fingerprint density at radius 2 is 1.71 bits per heavy atom. The number of esters is 1. The minimum Gasteiger partial charge on any atom is -0.464 e. The van der Waals surface area contributed by atoms with Crippen LogP contribution >= 0.6 is 0 Å². The summed E-state index contributed by atoms with van der Waals surface area (Å²) >= 11 is 0. The van der Waals surface area contributed by atoms with Gasteiger partial charge in [0.2, 0.25) is 0 Å². The Bertz CT molecular complexity index is 687. The highest BCUT2D eigenvalue weighted by Gasteiger charge is 2.20. The normalized spacial score (nSPS) is 11.7. The number of carbonyl (C=O) groups is 2. The van der Waals surface area contributed by atoms with E-state index in [9.17, 15) is 9.59 Å². The fraction of sp³-hybridized carbons (Fsp3) is 0.167. The van der Waals surface area contributed by atoms with Crippen LogP contribution in [0.2, 0.25) is 0 Å². The number of benzene rings is 2. The Balaban J connectivity index is 2.04. The SMILES string of the molecule is CCOC(=O)C(/C=N/Nc1ccccc1)NC(=O)c1ccccc1. The van der Waals surface area contributed by atoms with Gasteiger partial charge in [0.25, 0.3) is 5.91 Å². The number of ether oxygens (including phenoxy) is 1. The number of hydrazone groups is 1. The molecule has 0 aliphatic heterocycles. The van der Waals surface area contributed by atoms with Gasteiger partial charge < -0.3 is 10.1 Å². The third-order valence-electron chi connectivity index (χ3n) is 3.05. The first-order chi connectivity index (χ1) is 11.7. The van der Waals surface area contributed by atoms with Gasteiger partial charge in [0.1, 0.15) is 0 Å². The molecule has 0 saturated carbocycles. The average Bonchev–Trinajstić information content (AvgIpc) is 2.62. The van der Waals surface area contributed by atoms with Gasteiger partial charge in [0.15, 0.2) is 6.04 Å². The number of carbonyl (C=O) groups excluding carboxylic acids is 2. The molecular weight excluding hydrogens is 306 g/mol. The van der Waals surface area contributed by atoms with E-state index in [-0.39, 0.29) is 12.5 Å². The lowest BCUT2D eigenvalue weighted by Crippen LogP contribution is -2.43. The molecule has 6 nitrogen and oxygen atoms in total. The van der Waals surface area contributed by atoms with E-state index < -0.39 is 12.0 Å². The van der Waals surface area contributed by atoms with Crippen molar-refractivity contribution in [2.75, 3.05) is 12.0 Å². The van der Waals surface area contributed by atoms with E-state index in [2.05, 4.69) is 15.8 Å². The molecule has 2 N–H and O–H groups in total. The van der Waals surface area contributed by atoms with E-state index >= 15 is 0 Å². The first-order valence-corrected chi connectivity index (χ1v) is 7.57. The van der Waals surface area contributed by atoms with Gasteiger partial charge >= 0.3 is 5.97 Å². The zero-order valence-corrected chi connectivity index (χ0v) is 13.3. The first-order valence-electron chi connectivity index (χ1n) is 7.57. The summed E-state index contributed by atoms with van der Waals surface area (Å²) < 4.78 is 4.97. The van der Waals surface area contributed by atoms with Crippen molar-refractivity contribution in [2.24, 2.45) is 5.10 Å². The van der Waals surface area contributed by atoms with Gasteiger partial charge in [0.05, 0.1) is 18.5 Å². The van der Waals surface area contributed by atoms with Crippen molar-refractivity contribution < 1.29 is 14.3 Å². The second kappa shape index (κ2) is 9.09. The summed E-state index contributed by atoms with van der Waals surface area (Å²) in [5.41, 5.74) is 4.02. The molecule has 0 radical (unpaired) electrons. The van der Waals surface area contributed by atoms with Crippen LogP contribution in [0.3, 0.4) is 0 Å². The van der Waals surface area contributed by atoms with Gasteiger partial charge in [-0.2, -0.15) is 5.10 Å². The number of para-hydroxylation sites is 1. The lowest BCUT2D eigenvalue weighted by molar-refractivity contribution is -0.143. The second-order valence-electron chi connectivity index (χ2n) is 4.83. The number of anilines is 1. The zero-order valence-electron chi connectivity index (χ0n) is 13.3. The van der Waals surface area contributed by atoms with Crippen LogP contribution in [0.4, 0.5) is 5.69 Å². The Morgan fingerprint density at radius 1 is 1.08 bits per heavy atom. The Kier molecular flexibility index (Phi) is 6.52. The third-order valence-corrected chi connectivity index (χ3v) is 3.05. The monoisotopic (exact) mass is 325 g/mol. The summed E-state index contributed by atoms with van der Waals surface area (Å²) in [5, 5.41) is 6.60. The topological polar surface area (TPSA) is 79.8 Å². The maximum absolute atomic E-state index is 12.2. The van der Waals surface area contributed by atoms with E-state index in [1.807, 2.05) is 36.4 Å². The highest BCUT2D eigenvalue weighted by Crippen LogP contribution is 2.04. The Labute approximate surface area is 140 Å². The maximum atomic E-state index is 12.2. The fourth-order valence-corrected chi connectivity index (χ4v) is 1.90. The van der Waals surface area contributed by atoms with Gasteiger partial charge in [0, 0.05) is 5.56 Å². The Hall–Kier alpha value is -3.15. The van der Waals surface area contributed by atoms with E-state index in [0.29, 0.717) is 5.56 Å². The molecule has 0 saturated heterocycles. The molecule has 2 aromatic rings. The average molecular weight is 325 g/mol. The van der Waals surface area contributed by atoms with E-state index in [1.165, 1.54) is 6.21 Å². The fourth-order valence-electron chi connectivity index (χ4n) is 1.90. The van der Waals surface area contributed by atoms with Gasteiger partial charge in [-0.1, -0.05) is 36.4 Å². The minimum atomic E-state index is -0.978. The molecule has 0 heterocycles. The summed E-state index contributed by atoms with van der Waals surface area (Å²) in [4.78, 5) is 24.2. The third kappa shape index (κ3) is 5.24. The van der Waals surface area contributed by atoms with Crippen LogP contribution in [-0.4, -0.2) is 30.7 Å². The molecule has 0 fully saturated rings. The lowest BCUT2D eigenvalue weighted by atomic mass is 10.2. The molecule has 124 valence electrons. The summed E-state index contributed by atoms with van der Waals surface area (Å²) in [6.07, 6.45) is 1.31. The molecule has 6 heteroatoms. The zero-order chi connectivity index (χ0) is 17.2. The van der Waals surface area contributed by atoms with Crippen LogP contribution in [0, 0.1) is 0 Å². The van der Waals surface area contributed by atoms with Gasteiger partial charge in [-0.05, 0) is 31.2 Å². The molecule has 0 bridgehead atoms. The van der Waals surface area contributed by atoms with Crippen molar-refractivity contribution in [3.05, 3.63) is 66.2 Å². The quantitative estimate of drug-likeness (QED) is 0.465. The second-order valence-corrected chi connectivity index (χ2v) is 4.83. The van der Waals surface area contributed by atoms with Crippen LogP contribution in [0.25, 0.3) is 0 Å². The molecule has 0 spiro atoms. The first kappa shape index (κ1) is 17.2. The van der Waals surface area contributed by atoms with Crippen molar-refractivity contribution in [3.8, 4) is 0 Å². The molecule has 2 rings (SSSR count). The lowest BCUT2D eigenvalue weighted by Gasteiger charge is -2.13. The van der Waals surface area contributed by atoms with E-state index in [4.69, 9.17) is 4.74 Å². The van der Waals surface area contributed by atoms with Gasteiger partial charge in [-0.3, -0.25) is 10.2 Å². The molecule has 1 unspecified atom stereocenters. The summed E-state index contributed by atoms with van der Waals surface area (Å²) in [5.74, 6) is -0.944. The van der Waals surface area contributed by atoms with Crippen molar-refractivity contribution >= 4 is 23.8 Å². The molecular formula is C18H19N3O3. The largest absolute Gasteiger partial charge is 0.464 e. The number of hydrogen-bond donors (Lipinski definition) is 2. The van der Waals surface area contributed by atoms with Crippen LogP contribution < -0.4 is 10.7 Å². The molecule has 0 aromatic heterocycles. The van der Waals surface area contributed by atoms with Crippen molar-refractivity contribution in [2.45, 2.75) is 13.0 Å². The smallest absolute Gasteiger partial charge is 0.334 e. The van der Waals surface area contributed by atoms with E-state index in [0.717, 1.165) is 5.69 Å². The van der Waals surface area contributed by atoms with Crippen LogP contribution in [0.5, 0.6) is 0 Å². The molecule has 2 aromatic carbocycles. The maximum Gasteiger partial charge on any atom is 0.334 e. The molecule has 0 aliphatic carbocycles. The number of nitrogens with zero attached hydrogens (tertiary/aromatic N) is 1. The minimum absolute atomic E-state index is 0.219. The van der Waals surface area contributed by atoms with Crippen molar-refractivity contribution in [1.29, 1.82) is 0 Å². The predicted octanol–water partition coefficient (Wildman–Crippen LogP) is 2.45. The predicted molar refractivity (Wildman–Crippen MR) is 92.9 cm³/mol. The van der Waals surface area contributed by atoms with Gasteiger partial charge in [-0.25, -0.2) is 4.79 Å². The number of hydrogen-bond acceptors (Lipinski definition) is 5. The Morgan fingerprint density at radius 3 is 2.33 bits per heavy atom. The highest BCUT2D eigenvalue weighted by molar-refractivity contribution is 6.03. The van der Waals surface area contributed by atoms with Crippen molar-refractivity contribution in [3.63, 3.8) is 0 Å². The highest BCUT2D eigenvalue weighted by atomic mass is 16.5. The van der Waals surface area contributed by atoms with Gasteiger partial charge in [-0.15, -0.1) is 0 Å².